The summed E-state index contributed by atoms with van der Waals surface area (Å²) in [6.45, 7) is 2.63. The molecule has 0 amide bonds. The first kappa shape index (κ1) is 13.7. The summed E-state index contributed by atoms with van der Waals surface area (Å²) in [5.41, 5.74) is 2.98. The average molecular weight is 349 g/mol. The summed E-state index contributed by atoms with van der Waals surface area (Å²) < 4.78 is 2.88. The fraction of sp³-hybridized carbons (Fsp3) is 0.250. The minimum atomic E-state index is 0.543. The lowest BCUT2D eigenvalue weighted by atomic mass is 10.3. The minimum absolute atomic E-state index is 0.543. The van der Waals surface area contributed by atoms with Crippen LogP contribution in [0.25, 0.3) is 0 Å². The topological polar surface area (TPSA) is 29.9 Å². The van der Waals surface area contributed by atoms with Crippen molar-refractivity contribution >= 4 is 44.8 Å². The number of aromatic nitrogens is 2. The van der Waals surface area contributed by atoms with Gasteiger partial charge in [-0.05, 0) is 41.1 Å². The zero-order valence-electron chi connectivity index (χ0n) is 9.97. The molecule has 0 saturated carbocycles. The van der Waals surface area contributed by atoms with Crippen molar-refractivity contribution in [3.05, 3.63) is 44.1 Å². The zero-order valence-corrected chi connectivity index (χ0v) is 13.1. The first-order valence-corrected chi connectivity index (χ1v) is 6.91. The van der Waals surface area contributed by atoms with E-state index < -0.39 is 0 Å². The molecule has 0 fully saturated rings. The lowest BCUT2D eigenvalue weighted by Gasteiger charge is -2.08. The summed E-state index contributed by atoms with van der Waals surface area (Å²) in [6, 6.07) is 5.47. The molecule has 1 aromatic carbocycles. The largest absolute Gasteiger partial charge is 0.379 e. The smallest absolute Gasteiger partial charge is 0.0739 e. The molecule has 3 nitrogen and oxygen atoms in total. The molecule has 2 aromatic rings. The number of nitrogens with zero attached hydrogens (tertiary/aromatic N) is 2. The van der Waals surface area contributed by atoms with Crippen molar-refractivity contribution in [2.45, 2.75) is 13.5 Å². The van der Waals surface area contributed by atoms with Crippen LogP contribution < -0.4 is 5.32 Å². The first-order valence-electron chi connectivity index (χ1n) is 5.36. The summed E-state index contributed by atoms with van der Waals surface area (Å²) in [5, 5.41) is 8.73. The van der Waals surface area contributed by atoms with Crippen molar-refractivity contribution in [2.75, 3.05) is 5.32 Å². The van der Waals surface area contributed by atoms with Crippen LogP contribution in [0.15, 0.2) is 22.7 Å². The molecule has 96 valence electrons. The van der Waals surface area contributed by atoms with Crippen LogP contribution in [0.3, 0.4) is 0 Å². The van der Waals surface area contributed by atoms with Crippen LogP contribution in [-0.2, 0) is 13.6 Å². The fourth-order valence-electron chi connectivity index (χ4n) is 1.66. The Morgan fingerprint density at radius 3 is 2.61 bits per heavy atom. The fourth-order valence-corrected chi connectivity index (χ4v) is 2.44. The highest BCUT2D eigenvalue weighted by Crippen LogP contribution is 2.26. The maximum atomic E-state index is 5.96. The lowest BCUT2D eigenvalue weighted by Crippen LogP contribution is -2.05. The Balaban J connectivity index is 2.14. The van der Waals surface area contributed by atoms with Crippen LogP contribution >= 0.6 is 39.1 Å². The summed E-state index contributed by atoms with van der Waals surface area (Å²) in [7, 11) is 1.92. The Hall–Kier alpha value is -0.710. The van der Waals surface area contributed by atoms with Gasteiger partial charge in [0, 0.05) is 12.7 Å². The zero-order chi connectivity index (χ0) is 13.3. The van der Waals surface area contributed by atoms with Crippen molar-refractivity contribution in [2.24, 2.45) is 7.05 Å². The number of nitrogens with one attached hydrogen (secondary N) is 1. The van der Waals surface area contributed by atoms with E-state index in [9.17, 15) is 0 Å². The molecule has 1 N–H and O–H groups in total. The van der Waals surface area contributed by atoms with E-state index in [1.165, 1.54) is 0 Å². The second-order valence-corrected chi connectivity index (χ2v) is 5.56. The quantitative estimate of drug-likeness (QED) is 0.890. The Morgan fingerprint density at radius 1 is 1.33 bits per heavy atom. The van der Waals surface area contributed by atoms with Crippen LogP contribution in [0.1, 0.15) is 11.4 Å². The molecule has 0 aliphatic heterocycles. The maximum Gasteiger partial charge on any atom is 0.0739 e. The van der Waals surface area contributed by atoms with Gasteiger partial charge in [0.1, 0.15) is 0 Å². The Morgan fingerprint density at radius 2 is 2.06 bits per heavy atom. The van der Waals surface area contributed by atoms with Gasteiger partial charge in [0.2, 0.25) is 0 Å². The normalized spacial score (nSPS) is 10.7. The van der Waals surface area contributed by atoms with Gasteiger partial charge in [-0.2, -0.15) is 5.10 Å². The maximum absolute atomic E-state index is 5.96. The molecule has 18 heavy (non-hydrogen) atoms. The third-order valence-electron chi connectivity index (χ3n) is 2.64. The van der Waals surface area contributed by atoms with Crippen molar-refractivity contribution in [3.63, 3.8) is 0 Å². The Bertz CT molecular complexity index is 581. The average Bonchev–Trinajstić information content (AvgIpc) is 2.56. The molecule has 0 spiro atoms. The van der Waals surface area contributed by atoms with Gasteiger partial charge >= 0.3 is 0 Å². The predicted molar refractivity (Wildman–Crippen MR) is 79.4 cm³/mol. The molecule has 2 rings (SSSR count). The Kier molecular flexibility index (Phi) is 4.20. The number of anilines is 1. The van der Waals surface area contributed by atoms with Crippen LogP contribution in [-0.4, -0.2) is 9.78 Å². The first-order chi connectivity index (χ1) is 8.49. The summed E-state index contributed by atoms with van der Waals surface area (Å²) in [6.07, 6.45) is 0. The molecule has 0 radical (unpaired) electrons. The monoisotopic (exact) mass is 347 g/mol. The molecule has 0 bridgehead atoms. The summed E-state index contributed by atoms with van der Waals surface area (Å²) >= 11 is 15.4. The van der Waals surface area contributed by atoms with Crippen molar-refractivity contribution in [3.8, 4) is 0 Å². The van der Waals surface area contributed by atoms with Crippen molar-refractivity contribution in [1.29, 1.82) is 0 Å². The van der Waals surface area contributed by atoms with Gasteiger partial charge in [-0.1, -0.05) is 23.2 Å². The van der Waals surface area contributed by atoms with Gasteiger partial charge in [-0.15, -0.1) is 0 Å². The van der Waals surface area contributed by atoms with E-state index in [0.717, 1.165) is 21.5 Å². The van der Waals surface area contributed by atoms with Gasteiger partial charge in [-0.25, -0.2) is 0 Å². The highest BCUT2D eigenvalue weighted by Gasteiger charge is 2.10. The van der Waals surface area contributed by atoms with Gasteiger partial charge in [0.25, 0.3) is 0 Å². The molecule has 1 heterocycles. The number of hydrogen-bond donors (Lipinski definition) is 1. The van der Waals surface area contributed by atoms with Gasteiger partial charge in [0.15, 0.2) is 0 Å². The SMILES string of the molecule is Cc1nn(C)c(CNc2ccc(Cl)c(Cl)c2)c1Br. The van der Waals surface area contributed by atoms with Crippen molar-refractivity contribution in [1.82, 2.24) is 9.78 Å². The van der Waals surface area contributed by atoms with E-state index in [4.69, 9.17) is 23.2 Å². The van der Waals surface area contributed by atoms with Crippen LogP contribution in [0.5, 0.6) is 0 Å². The molecule has 0 atom stereocenters. The molecule has 0 aliphatic rings. The predicted octanol–water partition coefficient (Wildman–Crippen LogP) is 4.41. The molecule has 0 saturated heterocycles. The molecule has 6 heteroatoms. The van der Waals surface area contributed by atoms with E-state index in [1.807, 2.05) is 24.7 Å². The summed E-state index contributed by atoms with van der Waals surface area (Å²) in [5.74, 6) is 0. The van der Waals surface area contributed by atoms with Gasteiger partial charge < -0.3 is 5.32 Å². The van der Waals surface area contributed by atoms with Gasteiger partial charge in [-0.3, -0.25) is 4.68 Å². The van der Waals surface area contributed by atoms with E-state index in [2.05, 4.69) is 26.3 Å². The van der Waals surface area contributed by atoms with E-state index in [0.29, 0.717) is 16.6 Å². The van der Waals surface area contributed by atoms with Crippen molar-refractivity contribution < 1.29 is 0 Å². The third kappa shape index (κ3) is 2.82. The van der Waals surface area contributed by atoms with E-state index in [-0.39, 0.29) is 0 Å². The van der Waals surface area contributed by atoms with E-state index >= 15 is 0 Å². The number of rotatable bonds is 3. The molecular weight excluding hydrogens is 337 g/mol. The third-order valence-corrected chi connectivity index (χ3v) is 4.41. The molecule has 0 unspecified atom stereocenters. The standard InChI is InChI=1S/C12H12BrCl2N3/c1-7-12(13)11(18(2)17-7)6-16-8-3-4-9(14)10(15)5-8/h3-5,16H,6H2,1-2H3. The number of hydrogen-bond acceptors (Lipinski definition) is 2. The van der Waals surface area contributed by atoms with E-state index in [1.54, 1.807) is 12.1 Å². The molecule has 0 aliphatic carbocycles. The second-order valence-electron chi connectivity index (χ2n) is 3.95. The van der Waals surface area contributed by atoms with Crippen LogP contribution in [0.4, 0.5) is 5.69 Å². The van der Waals surface area contributed by atoms with Crippen LogP contribution in [0, 0.1) is 6.92 Å². The highest BCUT2D eigenvalue weighted by atomic mass is 79.9. The minimum Gasteiger partial charge on any atom is -0.379 e. The molecular formula is C12H12BrCl2N3. The number of halogens is 3. The highest BCUT2D eigenvalue weighted by molar-refractivity contribution is 9.10. The molecule has 1 aromatic heterocycles. The van der Waals surface area contributed by atoms with Gasteiger partial charge in [0.05, 0.1) is 32.5 Å². The Labute approximate surface area is 124 Å². The second kappa shape index (κ2) is 5.51. The summed E-state index contributed by atoms with van der Waals surface area (Å²) in [4.78, 5) is 0. The number of aryl methyl sites for hydroxylation is 2. The number of benzene rings is 1. The lowest BCUT2D eigenvalue weighted by molar-refractivity contribution is 0.712. The van der Waals surface area contributed by atoms with Crippen LogP contribution in [0.2, 0.25) is 10.0 Å².